The van der Waals surface area contributed by atoms with Crippen molar-refractivity contribution in [1.29, 1.82) is 5.26 Å². The highest BCUT2D eigenvalue weighted by molar-refractivity contribution is 5.90. The summed E-state index contributed by atoms with van der Waals surface area (Å²) in [4.78, 5) is 19.9. The molecule has 2 fully saturated rings. The Balaban J connectivity index is 1.11. The van der Waals surface area contributed by atoms with Crippen molar-refractivity contribution >= 4 is 16.9 Å². The molecule has 2 aliphatic rings. The van der Waals surface area contributed by atoms with Crippen LogP contribution in [-0.2, 0) is 18.3 Å². The molecule has 10 nitrogen and oxygen atoms in total. The number of nitriles is 1. The zero-order valence-electron chi connectivity index (χ0n) is 22.5. The van der Waals surface area contributed by atoms with Crippen LogP contribution in [-0.4, -0.2) is 71.9 Å². The number of aromatic amines is 1. The van der Waals surface area contributed by atoms with Crippen molar-refractivity contribution in [3.05, 3.63) is 54.4 Å². The molecule has 1 aliphatic carbocycles. The number of H-pyrrole nitrogens is 1. The van der Waals surface area contributed by atoms with Gasteiger partial charge in [0, 0.05) is 55.6 Å². The molecule has 5 heterocycles. The molecular formula is C28H30F3N9O. The Morgan fingerprint density at radius 3 is 2.71 bits per heavy atom. The Morgan fingerprint density at radius 2 is 2.00 bits per heavy atom. The summed E-state index contributed by atoms with van der Waals surface area (Å²) >= 11 is 0. The van der Waals surface area contributed by atoms with Crippen LogP contribution in [0.4, 0.5) is 19.0 Å². The first-order valence-corrected chi connectivity index (χ1v) is 13.6. The number of aliphatic hydroxyl groups excluding tert-OH is 1. The predicted molar refractivity (Wildman–Crippen MR) is 144 cm³/mol. The van der Waals surface area contributed by atoms with E-state index in [2.05, 4.69) is 36.0 Å². The molecule has 0 amide bonds. The van der Waals surface area contributed by atoms with E-state index in [1.54, 1.807) is 18.1 Å². The van der Waals surface area contributed by atoms with Crippen LogP contribution in [0.25, 0.3) is 22.3 Å². The van der Waals surface area contributed by atoms with Crippen molar-refractivity contribution in [3.8, 4) is 17.3 Å². The summed E-state index contributed by atoms with van der Waals surface area (Å²) in [6.07, 6.45) is 5.99. The van der Waals surface area contributed by atoms with Gasteiger partial charge in [0.05, 0.1) is 36.5 Å². The molecule has 214 valence electrons. The Kier molecular flexibility index (Phi) is 6.91. The number of alkyl halides is 3. The number of piperidine rings is 1. The number of rotatable bonds is 7. The van der Waals surface area contributed by atoms with Gasteiger partial charge < -0.3 is 19.9 Å². The van der Waals surface area contributed by atoms with Gasteiger partial charge in [0.15, 0.2) is 0 Å². The number of nitrogens with zero attached hydrogens (tertiary/aromatic N) is 8. The second kappa shape index (κ2) is 10.4. The molecule has 0 atom stereocenters. The minimum Gasteiger partial charge on any atom is -0.392 e. The van der Waals surface area contributed by atoms with E-state index in [0.29, 0.717) is 12.5 Å². The summed E-state index contributed by atoms with van der Waals surface area (Å²) in [5.74, 6) is 0.217. The van der Waals surface area contributed by atoms with Crippen LogP contribution in [0, 0.1) is 11.3 Å². The minimum atomic E-state index is -4.58. The molecule has 4 aromatic rings. The van der Waals surface area contributed by atoms with Crippen LogP contribution < -0.4 is 4.90 Å². The molecule has 41 heavy (non-hydrogen) atoms. The fourth-order valence-electron chi connectivity index (χ4n) is 6.26. The summed E-state index contributed by atoms with van der Waals surface area (Å²) in [7, 11) is 1.76. The van der Waals surface area contributed by atoms with Crippen molar-refractivity contribution in [2.45, 2.75) is 62.5 Å². The normalized spacial score (nSPS) is 22.0. The van der Waals surface area contributed by atoms with Crippen LogP contribution in [0.15, 0.2) is 43.1 Å². The van der Waals surface area contributed by atoms with E-state index in [0.717, 1.165) is 67.1 Å². The largest absolute Gasteiger partial charge is 0.433 e. The molecule has 13 heteroatoms. The van der Waals surface area contributed by atoms with Crippen molar-refractivity contribution < 1.29 is 18.3 Å². The highest BCUT2D eigenvalue weighted by Crippen LogP contribution is 2.46. The lowest BCUT2D eigenvalue weighted by molar-refractivity contribution is -0.141. The van der Waals surface area contributed by atoms with Crippen molar-refractivity contribution in [1.82, 2.24) is 34.6 Å². The predicted octanol–water partition coefficient (Wildman–Crippen LogP) is 4.10. The number of hydrogen-bond donors (Lipinski definition) is 2. The number of fused-ring (bicyclic) bond motifs is 1. The Hall–Kier alpha value is -4.02. The number of anilines is 1. The maximum Gasteiger partial charge on any atom is 0.433 e. The van der Waals surface area contributed by atoms with E-state index in [9.17, 15) is 23.5 Å². The second-order valence-corrected chi connectivity index (χ2v) is 11.0. The SMILES string of the molecule is CN(c1cc(CO)cc(C(F)(F)F)n1)C1CCN(C2CC(CC#N)(n3cc(-c4ncnc5[nH]ccc45)cn3)C2)CC1. The van der Waals surface area contributed by atoms with Crippen LogP contribution in [0.3, 0.4) is 0 Å². The van der Waals surface area contributed by atoms with Crippen LogP contribution in [0.1, 0.15) is 43.4 Å². The number of aromatic nitrogens is 6. The van der Waals surface area contributed by atoms with E-state index >= 15 is 0 Å². The summed E-state index contributed by atoms with van der Waals surface area (Å²) in [6, 6.07) is 7.02. The molecule has 0 spiro atoms. The molecule has 1 aliphatic heterocycles. The molecule has 0 aromatic carbocycles. The maximum absolute atomic E-state index is 13.3. The standard InChI is InChI=1S/C28H30F3N9O/c1-38(24-11-18(16-41)10-23(37-24)28(29,30)31)20-3-8-39(9-4-20)21-12-27(13-21,5-6-32)40-15-19(14-36-40)25-22-2-7-33-26(22)35-17-34-25/h2,7,10-11,14-15,17,20-21,41H,3-5,8-9,12-13,16H2,1H3,(H,33,34,35). The summed E-state index contributed by atoms with van der Waals surface area (Å²) in [5, 5.41) is 24.7. The number of nitrogens with one attached hydrogen (secondary N) is 1. The summed E-state index contributed by atoms with van der Waals surface area (Å²) < 4.78 is 42.0. The quantitative estimate of drug-likeness (QED) is 0.344. The van der Waals surface area contributed by atoms with E-state index in [1.807, 2.05) is 23.1 Å². The third-order valence-corrected chi connectivity index (χ3v) is 8.60. The molecule has 0 bridgehead atoms. The lowest BCUT2D eigenvalue weighted by Crippen LogP contribution is -2.58. The maximum atomic E-state index is 13.3. The monoisotopic (exact) mass is 565 g/mol. The average Bonchev–Trinajstić information content (AvgIpc) is 3.64. The third kappa shape index (κ3) is 5.02. The summed E-state index contributed by atoms with van der Waals surface area (Å²) in [6.45, 7) is 1.11. The molecule has 4 aromatic heterocycles. The number of likely N-dealkylation sites (tertiary alicyclic amines) is 1. The molecule has 0 radical (unpaired) electrons. The number of aliphatic hydroxyl groups is 1. The van der Waals surface area contributed by atoms with Crippen molar-refractivity contribution in [3.63, 3.8) is 0 Å². The van der Waals surface area contributed by atoms with E-state index in [4.69, 9.17) is 0 Å². The van der Waals surface area contributed by atoms with Gasteiger partial charge in [0.2, 0.25) is 0 Å². The van der Waals surface area contributed by atoms with Gasteiger partial charge in [-0.15, -0.1) is 0 Å². The van der Waals surface area contributed by atoms with Gasteiger partial charge >= 0.3 is 6.18 Å². The highest BCUT2D eigenvalue weighted by Gasteiger charge is 2.49. The Labute approximate surface area is 234 Å². The number of hydrogen-bond acceptors (Lipinski definition) is 8. The van der Waals surface area contributed by atoms with E-state index < -0.39 is 24.0 Å². The van der Waals surface area contributed by atoms with Crippen molar-refractivity contribution in [2.24, 2.45) is 0 Å². The van der Waals surface area contributed by atoms with Gasteiger partial charge in [-0.25, -0.2) is 15.0 Å². The topological polar surface area (TPSA) is 123 Å². The third-order valence-electron chi connectivity index (χ3n) is 8.60. The van der Waals surface area contributed by atoms with Crippen LogP contribution in [0.2, 0.25) is 0 Å². The molecule has 2 N–H and O–H groups in total. The molecule has 1 saturated heterocycles. The Bertz CT molecular complexity index is 1580. The average molecular weight is 566 g/mol. The lowest BCUT2D eigenvalue weighted by atomic mass is 9.69. The number of pyridine rings is 1. The lowest BCUT2D eigenvalue weighted by Gasteiger charge is -2.52. The van der Waals surface area contributed by atoms with Crippen LogP contribution in [0.5, 0.6) is 0 Å². The van der Waals surface area contributed by atoms with Gasteiger partial charge in [0.1, 0.15) is 23.5 Å². The molecule has 0 unspecified atom stereocenters. The van der Waals surface area contributed by atoms with E-state index in [-0.39, 0.29) is 17.4 Å². The van der Waals surface area contributed by atoms with Crippen LogP contribution >= 0.6 is 0 Å². The van der Waals surface area contributed by atoms with Gasteiger partial charge in [-0.3, -0.25) is 4.68 Å². The summed E-state index contributed by atoms with van der Waals surface area (Å²) in [5.41, 5.74) is 1.22. The fraction of sp³-hybridized carbons (Fsp3) is 0.464. The highest BCUT2D eigenvalue weighted by atomic mass is 19.4. The van der Waals surface area contributed by atoms with E-state index in [1.165, 1.54) is 12.4 Å². The van der Waals surface area contributed by atoms with Gasteiger partial charge in [-0.05, 0) is 49.4 Å². The van der Waals surface area contributed by atoms with Crippen molar-refractivity contribution in [2.75, 3.05) is 25.0 Å². The van der Waals surface area contributed by atoms with Gasteiger partial charge in [0.25, 0.3) is 0 Å². The smallest absolute Gasteiger partial charge is 0.392 e. The number of halogens is 3. The Morgan fingerprint density at radius 1 is 1.22 bits per heavy atom. The first kappa shape index (κ1) is 27.2. The molecule has 6 rings (SSSR count). The minimum absolute atomic E-state index is 0.0320. The molecular weight excluding hydrogens is 535 g/mol. The van der Waals surface area contributed by atoms with Gasteiger partial charge in [-0.2, -0.15) is 23.5 Å². The van der Waals surface area contributed by atoms with Gasteiger partial charge in [-0.1, -0.05) is 0 Å². The first-order chi connectivity index (χ1) is 19.7. The second-order valence-electron chi connectivity index (χ2n) is 11.0. The molecule has 1 saturated carbocycles. The first-order valence-electron chi connectivity index (χ1n) is 13.6. The fourth-order valence-corrected chi connectivity index (χ4v) is 6.26. The zero-order valence-corrected chi connectivity index (χ0v) is 22.5. The zero-order chi connectivity index (χ0) is 28.8.